The Hall–Kier alpha value is -2.69. The lowest BCUT2D eigenvalue weighted by molar-refractivity contribution is 0.102. The Bertz CT molecular complexity index is 697. The summed E-state index contributed by atoms with van der Waals surface area (Å²) in [5.41, 5.74) is 2.20. The first-order valence-electron chi connectivity index (χ1n) is 6.53. The lowest BCUT2D eigenvalue weighted by atomic mass is 10.1. The monoisotopic (exact) mass is 285 g/mol. The zero-order valence-corrected chi connectivity index (χ0v) is 11.8. The number of hydrogen-bond donors (Lipinski definition) is 1. The van der Waals surface area contributed by atoms with Crippen LogP contribution in [0.25, 0.3) is 0 Å². The summed E-state index contributed by atoms with van der Waals surface area (Å²) in [5.74, 6) is 1.82. The number of fused-ring (bicyclic) bond motifs is 1. The smallest absolute Gasteiger partial charge is 0.255 e. The molecule has 1 amide bonds. The number of aryl methyl sites for hydroxylation is 1. The Kier molecular flexibility index (Phi) is 3.39. The molecule has 0 unspecified atom stereocenters. The molecule has 0 saturated carbocycles. The minimum Gasteiger partial charge on any atom is -0.497 e. The average molecular weight is 285 g/mol. The molecule has 1 heterocycles. The van der Waals surface area contributed by atoms with Crippen LogP contribution in [0.1, 0.15) is 15.9 Å². The molecule has 2 aromatic carbocycles. The van der Waals surface area contributed by atoms with E-state index in [0.717, 1.165) is 17.0 Å². The number of methoxy groups -OCH3 is 1. The van der Waals surface area contributed by atoms with E-state index in [1.807, 2.05) is 25.1 Å². The molecule has 0 saturated heterocycles. The highest BCUT2D eigenvalue weighted by atomic mass is 16.7. The van der Waals surface area contributed by atoms with Crippen LogP contribution in [-0.4, -0.2) is 19.8 Å². The van der Waals surface area contributed by atoms with Gasteiger partial charge in [0, 0.05) is 11.3 Å². The lowest BCUT2D eigenvalue weighted by Gasteiger charge is -2.10. The SMILES string of the molecule is COc1ccc(NC(=O)c2ccc3c(c2)OCO3)c(C)c1. The molecule has 0 atom stereocenters. The summed E-state index contributed by atoms with van der Waals surface area (Å²) in [6, 6.07) is 10.6. The Morgan fingerprint density at radius 3 is 2.71 bits per heavy atom. The second-order valence-electron chi connectivity index (χ2n) is 4.70. The van der Waals surface area contributed by atoms with E-state index in [0.29, 0.717) is 17.1 Å². The van der Waals surface area contributed by atoms with Crippen molar-refractivity contribution in [2.24, 2.45) is 0 Å². The number of ether oxygens (including phenoxy) is 3. The minimum atomic E-state index is -0.193. The predicted octanol–water partition coefficient (Wildman–Crippen LogP) is 2.98. The molecule has 1 aliphatic heterocycles. The quantitative estimate of drug-likeness (QED) is 0.942. The van der Waals surface area contributed by atoms with Gasteiger partial charge in [-0.15, -0.1) is 0 Å². The minimum absolute atomic E-state index is 0.192. The summed E-state index contributed by atoms with van der Waals surface area (Å²) in [6.07, 6.45) is 0. The van der Waals surface area contributed by atoms with Crippen LogP contribution in [0.3, 0.4) is 0 Å². The molecule has 0 aliphatic carbocycles. The summed E-state index contributed by atoms with van der Waals surface area (Å²) in [6.45, 7) is 2.11. The first kappa shape index (κ1) is 13.3. The van der Waals surface area contributed by atoms with Gasteiger partial charge in [0.05, 0.1) is 7.11 Å². The van der Waals surface area contributed by atoms with Gasteiger partial charge in [0.25, 0.3) is 5.91 Å². The highest BCUT2D eigenvalue weighted by Gasteiger charge is 2.16. The van der Waals surface area contributed by atoms with Crippen LogP contribution in [0.15, 0.2) is 36.4 Å². The standard InChI is InChI=1S/C16H15NO4/c1-10-7-12(19-2)4-5-13(10)17-16(18)11-3-6-14-15(8-11)21-9-20-14/h3-8H,9H2,1-2H3,(H,17,18). The molecule has 0 aromatic heterocycles. The van der Waals surface area contributed by atoms with E-state index in [4.69, 9.17) is 14.2 Å². The van der Waals surface area contributed by atoms with E-state index in [2.05, 4.69) is 5.32 Å². The fraction of sp³-hybridized carbons (Fsp3) is 0.188. The van der Waals surface area contributed by atoms with Gasteiger partial charge in [-0.2, -0.15) is 0 Å². The maximum Gasteiger partial charge on any atom is 0.255 e. The van der Waals surface area contributed by atoms with Gasteiger partial charge in [-0.3, -0.25) is 4.79 Å². The number of carbonyl (C=O) groups is 1. The van der Waals surface area contributed by atoms with Crippen molar-refractivity contribution in [3.8, 4) is 17.2 Å². The lowest BCUT2D eigenvalue weighted by Crippen LogP contribution is -2.12. The molecule has 0 fully saturated rings. The number of benzene rings is 2. The topological polar surface area (TPSA) is 56.8 Å². The summed E-state index contributed by atoms with van der Waals surface area (Å²) in [7, 11) is 1.61. The highest BCUT2D eigenvalue weighted by molar-refractivity contribution is 6.05. The van der Waals surface area contributed by atoms with E-state index in [-0.39, 0.29) is 12.7 Å². The molecule has 1 N–H and O–H groups in total. The van der Waals surface area contributed by atoms with Gasteiger partial charge >= 0.3 is 0 Å². The molecule has 5 heteroatoms. The van der Waals surface area contributed by atoms with Crippen molar-refractivity contribution in [2.75, 3.05) is 19.2 Å². The van der Waals surface area contributed by atoms with Crippen LogP contribution in [-0.2, 0) is 0 Å². The fourth-order valence-corrected chi connectivity index (χ4v) is 2.14. The van der Waals surface area contributed by atoms with Gasteiger partial charge in [0.15, 0.2) is 11.5 Å². The van der Waals surface area contributed by atoms with Crippen LogP contribution < -0.4 is 19.5 Å². The Morgan fingerprint density at radius 2 is 1.95 bits per heavy atom. The van der Waals surface area contributed by atoms with Crippen molar-refractivity contribution in [2.45, 2.75) is 6.92 Å². The Labute approximate surface area is 122 Å². The maximum atomic E-state index is 12.3. The maximum absolute atomic E-state index is 12.3. The molecule has 1 aliphatic rings. The van der Waals surface area contributed by atoms with Crippen molar-refractivity contribution < 1.29 is 19.0 Å². The third-order valence-corrected chi connectivity index (χ3v) is 3.32. The van der Waals surface area contributed by atoms with Crippen LogP contribution >= 0.6 is 0 Å². The van der Waals surface area contributed by atoms with Crippen LogP contribution in [0.4, 0.5) is 5.69 Å². The van der Waals surface area contributed by atoms with E-state index in [1.165, 1.54) is 0 Å². The highest BCUT2D eigenvalue weighted by Crippen LogP contribution is 2.32. The van der Waals surface area contributed by atoms with Crippen molar-refractivity contribution in [3.63, 3.8) is 0 Å². The fourth-order valence-electron chi connectivity index (χ4n) is 2.14. The van der Waals surface area contributed by atoms with Gasteiger partial charge in [0.1, 0.15) is 5.75 Å². The van der Waals surface area contributed by atoms with Crippen molar-refractivity contribution in [1.82, 2.24) is 0 Å². The molecule has 0 radical (unpaired) electrons. The largest absolute Gasteiger partial charge is 0.497 e. The van der Waals surface area contributed by atoms with Crippen molar-refractivity contribution in [3.05, 3.63) is 47.5 Å². The molecular weight excluding hydrogens is 270 g/mol. The third-order valence-electron chi connectivity index (χ3n) is 3.32. The molecular formula is C16H15NO4. The van der Waals surface area contributed by atoms with Crippen LogP contribution in [0, 0.1) is 6.92 Å². The van der Waals surface area contributed by atoms with Crippen molar-refractivity contribution >= 4 is 11.6 Å². The van der Waals surface area contributed by atoms with E-state index in [1.54, 1.807) is 25.3 Å². The Morgan fingerprint density at radius 1 is 1.14 bits per heavy atom. The number of amides is 1. The number of carbonyl (C=O) groups excluding carboxylic acids is 1. The molecule has 0 bridgehead atoms. The second kappa shape index (κ2) is 5.36. The molecule has 2 aromatic rings. The Balaban J connectivity index is 1.80. The van der Waals surface area contributed by atoms with Gasteiger partial charge in [-0.25, -0.2) is 0 Å². The molecule has 5 nitrogen and oxygen atoms in total. The molecule has 108 valence electrons. The van der Waals surface area contributed by atoms with Gasteiger partial charge < -0.3 is 19.5 Å². The van der Waals surface area contributed by atoms with Gasteiger partial charge in [-0.1, -0.05) is 0 Å². The predicted molar refractivity (Wildman–Crippen MR) is 78.2 cm³/mol. The zero-order valence-electron chi connectivity index (χ0n) is 11.8. The summed E-state index contributed by atoms with van der Waals surface area (Å²) in [4.78, 5) is 12.3. The summed E-state index contributed by atoms with van der Waals surface area (Å²) >= 11 is 0. The third kappa shape index (κ3) is 2.63. The van der Waals surface area contributed by atoms with Gasteiger partial charge in [0.2, 0.25) is 6.79 Å². The normalized spacial score (nSPS) is 12.1. The summed E-state index contributed by atoms with van der Waals surface area (Å²) < 4.78 is 15.6. The van der Waals surface area contributed by atoms with Crippen LogP contribution in [0.5, 0.6) is 17.2 Å². The van der Waals surface area contributed by atoms with Crippen molar-refractivity contribution in [1.29, 1.82) is 0 Å². The van der Waals surface area contributed by atoms with E-state index in [9.17, 15) is 4.79 Å². The van der Waals surface area contributed by atoms with E-state index >= 15 is 0 Å². The molecule has 21 heavy (non-hydrogen) atoms. The first-order valence-corrected chi connectivity index (χ1v) is 6.53. The first-order chi connectivity index (χ1) is 10.2. The van der Waals surface area contributed by atoms with E-state index < -0.39 is 0 Å². The number of anilines is 1. The number of nitrogens with one attached hydrogen (secondary N) is 1. The summed E-state index contributed by atoms with van der Waals surface area (Å²) in [5, 5.41) is 2.88. The van der Waals surface area contributed by atoms with Crippen LogP contribution in [0.2, 0.25) is 0 Å². The molecule has 3 rings (SSSR count). The number of rotatable bonds is 3. The zero-order chi connectivity index (χ0) is 14.8. The number of hydrogen-bond acceptors (Lipinski definition) is 4. The molecule has 0 spiro atoms. The van der Waals surface area contributed by atoms with Gasteiger partial charge in [-0.05, 0) is 48.9 Å². The average Bonchev–Trinajstić information content (AvgIpc) is 2.96. The second-order valence-corrected chi connectivity index (χ2v) is 4.70.